The van der Waals surface area contributed by atoms with Crippen molar-refractivity contribution in [1.29, 1.82) is 0 Å². The summed E-state index contributed by atoms with van der Waals surface area (Å²) in [6, 6.07) is -0.840. The van der Waals surface area contributed by atoms with Crippen molar-refractivity contribution >= 4 is 17.5 Å². The zero-order valence-corrected chi connectivity index (χ0v) is 15.3. The van der Waals surface area contributed by atoms with Crippen molar-refractivity contribution < 1.29 is 22.7 Å². The number of fused-ring (bicyclic) bond motifs is 1. The maximum absolute atomic E-state index is 13.5. The maximum Gasteiger partial charge on any atom is 0.409 e. The van der Waals surface area contributed by atoms with Crippen LogP contribution < -0.4 is 15.4 Å². The minimum absolute atomic E-state index is 0.0183. The predicted octanol–water partition coefficient (Wildman–Crippen LogP) is 1.76. The van der Waals surface area contributed by atoms with Crippen molar-refractivity contribution in [3.05, 3.63) is 16.4 Å². The first kappa shape index (κ1) is 19.7. The Morgan fingerprint density at radius 1 is 1.37 bits per heavy atom. The molecule has 1 aromatic heterocycles. The summed E-state index contributed by atoms with van der Waals surface area (Å²) in [5, 5.41) is 0. The first-order valence-electron chi connectivity index (χ1n) is 9.03. The summed E-state index contributed by atoms with van der Waals surface area (Å²) in [7, 11) is 0. The lowest BCUT2D eigenvalue weighted by Gasteiger charge is -2.38. The number of anilines is 2. The quantitative estimate of drug-likeness (QED) is 0.783. The molecule has 3 heterocycles. The van der Waals surface area contributed by atoms with E-state index in [-0.39, 0.29) is 43.7 Å². The van der Waals surface area contributed by atoms with E-state index in [1.54, 1.807) is 6.92 Å². The third-order valence-electron chi connectivity index (χ3n) is 4.99. The van der Waals surface area contributed by atoms with Crippen LogP contribution in [0.4, 0.5) is 24.9 Å². The second-order valence-corrected chi connectivity index (χ2v) is 6.90. The van der Waals surface area contributed by atoms with Gasteiger partial charge in [0.15, 0.2) is 5.78 Å². The van der Waals surface area contributed by atoms with E-state index in [1.165, 1.54) is 4.90 Å². The molecule has 0 aromatic carbocycles. The van der Waals surface area contributed by atoms with Crippen molar-refractivity contribution in [1.82, 2.24) is 9.55 Å². The fraction of sp³-hybridized carbons (Fsp3) is 0.706. The average molecular weight is 388 g/mol. The highest BCUT2D eigenvalue weighted by Crippen LogP contribution is 2.38. The van der Waals surface area contributed by atoms with Gasteiger partial charge in [-0.05, 0) is 13.3 Å². The average Bonchev–Trinajstić information content (AvgIpc) is 2.61. The molecule has 7 nitrogen and oxygen atoms in total. The van der Waals surface area contributed by atoms with Gasteiger partial charge in [-0.1, -0.05) is 6.92 Å². The van der Waals surface area contributed by atoms with Gasteiger partial charge in [0.05, 0.1) is 25.8 Å². The Kier molecular flexibility index (Phi) is 5.45. The number of halogens is 3. The topological polar surface area (TPSA) is 67.7 Å². The van der Waals surface area contributed by atoms with Gasteiger partial charge in [0, 0.05) is 25.6 Å². The number of hydrogen-bond donors (Lipinski definition) is 0. The molecule has 0 spiro atoms. The highest BCUT2D eigenvalue weighted by Gasteiger charge is 2.45. The van der Waals surface area contributed by atoms with Crippen LogP contribution in [0.3, 0.4) is 0 Å². The number of carbonyl (C=O) groups excluding carboxylic acids is 1. The molecule has 0 N–H and O–H groups in total. The zero-order valence-electron chi connectivity index (χ0n) is 15.3. The lowest BCUT2D eigenvalue weighted by Crippen LogP contribution is -2.49. The smallest absolute Gasteiger partial charge is 0.377 e. The molecule has 0 saturated carbocycles. The number of hydrogen-bond acceptors (Lipinski definition) is 6. The molecule has 0 unspecified atom stereocenters. The lowest BCUT2D eigenvalue weighted by atomic mass is 10.1. The molecule has 1 saturated heterocycles. The van der Waals surface area contributed by atoms with E-state index in [0.717, 1.165) is 6.07 Å². The number of ether oxygens (including phenoxy) is 1. The number of alkyl halides is 3. The van der Waals surface area contributed by atoms with E-state index < -0.39 is 17.8 Å². The standard InChI is InChI=1S/C17H23F3N4O3/c1-3-12(25)9-22-5-4-13(17(18,19)20)24-15(26)8-14(21-16(22)24)23-6-7-27-10-11(23)2/h8,11,13H,3-7,9-10H2,1-2H3/t11-,13-/m1/s1. The van der Waals surface area contributed by atoms with Crippen molar-refractivity contribution in [3.8, 4) is 0 Å². The van der Waals surface area contributed by atoms with E-state index >= 15 is 0 Å². The molecule has 27 heavy (non-hydrogen) atoms. The van der Waals surface area contributed by atoms with Gasteiger partial charge in [-0.25, -0.2) is 0 Å². The van der Waals surface area contributed by atoms with Gasteiger partial charge in [-0.3, -0.25) is 14.2 Å². The van der Waals surface area contributed by atoms with Crippen LogP contribution in [0.25, 0.3) is 0 Å². The highest BCUT2D eigenvalue weighted by atomic mass is 19.4. The molecule has 1 fully saturated rings. The number of aromatic nitrogens is 2. The lowest BCUT2D eigenvalue weighted by molar-refractivity contribution is -0.170. The molecule has 10 heteroatoms. The molecule has 0 aliphatic carbocycles. The highest BCUT2D eigenvalue weighted by molar-refractivity contribution is 5.82. The Hall–Kier alpha value is -2.10. The van der Waals surface area contributed by atoms with Gasteiger partial charge in [-0.15, -0.1) is 0 Å². The van der Waals surface area contributed by atoms with Crippen LogP contribution in [0, 0.1) is 0 Å². The number of ketones is 1. The van der Waals surface area contributed by atoms with E-state index in [0.29, 0.717) is 30.1 Å². The first-order valence-corrected chi connectivity index (χ1v) is 9.03. The fourth-order valence-corrected chi connectivity index (χ4v) is 3.49. The van der Waals surface area contributed by atoms with E-state index in [2.05, 4.69) is 4.98 Å². The van der Waals surface area contributed by atoms with Crippen LogP contribution in [-0.2, 0) is 9.53 Å². The molecule has 1 aromatic rings. The summed E-state index contributed by atoms with van der Waals surface area (Å²) in [6.07, 6.45) is -4.58. The summed E-state index contributed by atoms with van der Waals surface area (Å²) >= 11 is 0. The molecule has 3 rings (SSSR count). The number of morpholine rings is 1. The predicted molar refractivity (Wildman–Crippen MR) is 93.3 cm³/mol. The van der Waals surface area contributed by atoms with E-state index in [4.69, 9.17) is 4.74 Å². The second kappa shape index (κ2) is 7.49. The summed E-state index contributed by atoms with van der Waals surface area (Å²) in [4.78, 5) is 32.2. The van der Waals surface area contributed by atoms with Gasteiger partial charge in [0.2, 0.25) is 5.95 Å². The normalized spacial score (nSPS) is 23.3. The minimum Gasteiger partial charge on any atom is -0.377 e. The summed E-state index contributed by atoms with van der Waals surface area (Å²) < 4.78 is 46.5. The van der Waals surface area contributed by atoms with Crippen LogP contribution in [0.1, 0.15) is 32.7 Å². The van der Waals surface area contributed by atoms with Gasteiger partial charge >= 0.3 is 6.18 Å². The molecule has 150 valence electrons. The second-order valence-electron chi connectivity index (χ2n) is 6.90. The molecule has 0 amide bonds. The van der Waals surface area contributed by atoms with Crippen LogP contribution in [0.15, 0.2) is 10.9 Å². The Labute approximate surface area is 154 Å². The molecule has 2 aliphatic heterocycles. The third kappa shape index (κ3) is 3.95. The summed E-state index contributed by atoms with van der Waals surface area (Å²) in [5.74, 6) is 0.108. The van der Waals surface area contributed by atoms with Crippen LogP contribution in [0.2, 0.25) is 0 Å². The zero-order chi connectivity index (χ0) is 19.8. The van der Waals surface area contributed by atoms with Gasteiger partial charge in [-0.2, -0.15) is 18.2 Å². The third-order valence-corrected chi connectivity index (χ3v) is 4.99. The van der Waals surface area contributed by atoms with E-state index in [9.17, 15) is 22.8 Å². The first-order chi connectivity index (χ1) is 12.7. The number of carbonyl (C=O) groups is 1. The van der Waals surface area contributed by atoms with Gasteiger partial charge in [0.1, 0.15) is 11.9 Å². The van der Waals surface area contributed by atoms with E-state index in [1.807, 2.05) is 11.8 Å². The molecule has 0 radical (unpaired) electrons. The van der Waals surface area contributed by atoms with Crippen molar-refractivity contribution in [2.75, 3.05) is 42.6 Å². The minimum atomic E-state index is -4.56. The molecular weight excluding hydrogens is 365 g/mol. The Balaban J connectivity index is 2.07. The number of Topliss-reactive ketones (excluding diaryl/α,β-unsaturated/α-hetero) is 1. The Morgan fingerprint density at radius 3 is 2.74 bits per heavy atom. The molecule has 0 bridgehead atoms. The van der Waals surface area contributed by atoms with Crippen LogP contribution >= 0.6 is 0 Å². The number of rotatable bonds is 4. The molecule has 2 aliphatic rings. The van der Waals surface area contributed by atoms with Gasteiger partial charge < -0.3 is 14.5 Å². The SMILES string of the molecule is CCC(=O)CN1CC[C@H](C(F)(F)F)n2c1nc(N1CCOC[C@H]1C)cc2=O. The fourth-order valence-electron chi connectivity index (χ4n) is 3.49. The Morgan fingerprint density at radius 2 is 2.11 bits per heavy atom. The van der Waals surface area contributed by atoms with Crippen molar-refractivity contribution in [2.24, 2.45) is 0 Å². The van der Waals surface area contributed by atoms with Crippen molar-refractivity contribution in [2.45, 2.75) is 44.9 Å². The monoisotopic (exact) mass is 388 g/mol. The largest absolute Gasteiger partial charge is 0.409 e. The maximum atomic E-state index is 13.5. The van der Waals surface area contributed by atoms with Crippen molar-refractivity contribution in [3.63, 3.8) is 0 Å². The van der Waals surface area contributed by atoms with Crippen LogP contribution in [-0.4, -0.2) is 60.4 Å². The van der Waals surface area contributed by atoms with Gasteiger partial charge in [0.25, 0.3) is 5.56 Å². The summed E-state index contributed by atoms with van der Waals surface area (Å²) in [6.45, 7) is 4.94. The molecular formula is C17H23F3N4O3. The summed E-state index contributed by atoms with van der Waals surface area (Å²) in [5.41, 5.74) is -0.760. The molecule has 2 atom stereocenters. The number of nitrogens with zero attached hydrogens (tertiary/aromatic N) is 4. The van der Waals surface area contributed by atoms with Crippen LogP contribution in [0.5, 0.6) is 0 Å². The Bertz CT molecular complexity index is 765.